The molecule has 5 N–H and O–H groups in total. The summed E-state index contributed by atoms with van der Waals surface area (Å²) in [6.45, 7) is 10.5. The van der Waals surface area contributed by atoms with Crippen LogP contribution in [-0.2, 0) is 11.5 Å². The molecule has 0 bridgehead atoms. The van der Waals surface area contributed by atoms with E-state index in [1.165, 1.54) is 0 Å². The van der Waals surface area contributed by atoms with Crippen LogP contribution in [0.3, 0.4) is 0 Å². The Balaban J connectivity index is 1.73. The van der Waals surface area contributed by atoms with Crippen molar-refractivity contribution in [2.75, 3.05) is 11.5 Å². The van der Waals surface area contributed by atoms with Gasteiger partial charge in [0.25, 0.3) is 0 Å². The molecule has 8 heteroatoms. The first-order chi connectivity index (χ1) is 13.2. The number of ether oxygens (including phenoxy) is 1. The fourth-order valence-electron chi connectivity index (χ4n) is 4.22. The van der Waals surface area contributed by atoms with Crippen LogP contribution in [-0.4, -0.2) is 43.5 Å². The van der Waals surface area contributed by atoms with Gasteiger partial charge in [-0.2, -0.15) is 0 Å². The molecule has 0 amide bonds. The number of fused-ring (bicyclic) bond motifs is 1. The number of hydrogen-bond donors (Lipinski definition) is 3. The van der Waals surface area contributed by atoms with Crippen molar-refractivity contribution in [1.29, 1.82) is 5.41 Å². The highest BCUT2D eigenvalue weighted by atomic mass is 28.3. The molecule has 0 spiro atoms. The lowest BCUT2D eigenvalue weighted by Gasteiger charge is -2.35. The van der Waals surface area contributed by atoms with Crippen molar-refractivity contribution >= 4 is 31.6 Å². The molecule has 1 fully saturated rings. The van der Waals surface area contributed by atoms with Crippen molar-refractivity contribution < 1.29 is 4.74 Å². The van der Waals surface area contributed by atoms with Gasteiger partial charge in [0.15, 0.2) is 5.82 Å². The summed E-state index contributed by atoms with van der Waals surface area (Å²) in [4.78, 5) is 6.48. The van der Waals surface area contributed by atoms with Crippen molar-refractivity contribution in [1.82, 2.24) is 4.57 Å². The van der Waals surface area contributed by atoms with Crippen LogP contribution in [0.15, 0.2) is 17.3 Å². The van der Waals surface area contributed by atoms with E-state index in [-0.39, 0.29) is 12.0 Å². The summed E-state index contributed by atoms with van der Waals surface area (Å²) in [5.74, 6) is 1.98. The van der Waals surface area contributed by atoms with Gasteiger partial charge in [-0.05, 0) is 30.9 Å². The third-order valence-corrected chi connectivity index (χ3v) is 7.62. The molecule has 4 atom stereocenters. The van der Waals surface area contributed by atoms with E-state index < -0.39 is 14.2 Å². The molecule has 0 radical (unpaired) electrons. The monoisotopic (exact) mass is 404 g/mol. The topological polar surface area (TPSA) is 106 Å². The van der Waals surface area contributed by atoms with Crippen LogP contribution in [0.25, 0.3) is 0 Å². The Hall–Kier alpha value is -1.48. The molecule has 0 saturated heterocycles. The fraction of sp³-hybridized carbons (Fsp3) is 0.700. The van der Waals surface area contributed by atoms with Gasteiger partial charge in [-0.1, -0.05) is 33.0 Å². The quantitative estimate of drug-likeness (QED) is 0.280. The third-order valence-electron chi connectivity index (χ3n) is 5.91. The van der Waals surface area contributed by atoms with Gasteiger partial charge in [-0.25, -0.2) is 4.99 Å². The molecule has 2 aliphatic rings. The summed E-state index contributed by atoms with van der Waals surface area (Å²) in [6.07, 6.45) is 6.17. The molecular weight excluding hydrogens is 368 g/mol. The first kappa shape index (κ1) is 21.2. The second kappa shape index (κ2) is 8.48. The van der Waals surface area contributed by atoms with E-state index in [2.05, 4.69) is 31.6 Å². The van der Waals surface area contributed by atoms with E-state index >= 15 is 0 Å². The summed E-state index contributed by atoms with van der Waals surface area (Å²) in [7, 11) is -1.10. The van der Waals surface area contributed by atoms with Crippen molar-refractivity contribution in [3.05, 3.63) is 12.3 Å². The lowest BCUT2D eigenvalue weighted by atomic mass is 9.91. The van der Waals surface area contributed by atoms with Crippen LogP contribution in [0.5, 0.6) is 0 Å². The summed E-state index contributed by atoms with van der Waals surface area (Å²) in [5.41, 5.74) is 13.4. The SMILES string of the molecule is CCC1CC(N)CC1C(=N)N1c2ccn(COCC[Si](C)(C)C)c2N=CC1N. The molecule has 1 aromatic heterocycles. The number of aliphatic imine (C=N–C) groups is 1. The Kier molecular flexibility index (Phi) is 6.43. The molecule has 4 unspecified atom stereocenters. The van der Waals surface area contributed by atoms with E-state index in [4.69, 9.17) is 21.6 Å². The molecule has 1 saturated carbocycles. The Bertz CT molecular complexity index is 725. The Morgan fingerprint density at radius 3 is 2.75 bits per heavy atom. The zero-order valence-electron chi connectivity index (χ0n) is 17.7. The first-order valence-corrected chi connectivity index (χ1v) is 14.1. The highest BCUT2D eigenvalue weighted by molar-refractivity contribution is 6.76. The van der Waals surface area contributed by atoms with Gasteiger partial charge >= 0.3 is 0 Å². The highest BCUT2D eigenvalue weighted by Crippen LogP contribution is 2.39. The molecule has 1 aliphatic carbocycles. The van der Waals surface area contributed by atoms with E-state index in [0.29, 0.717) is 18.5 Å². The normalized spacial score (nSPS) is 27.3. The largest absolute Gasteiger partial charge is 0.361 e. The molecule has 7 nitrogen and oxygen atoms in total. The maximum atomic E-state index is 8.90. The van der Waals surface area contributed by atoms with Gasteiger partial charge in [-0.15, -0.1) is 0 Å². The van der Waals surface area contributed by atoms with Crippen molar-refractivity contribution in [3.63, 3.8) is 0 Å². The van der Waals surface area contributed by atoms with E-state index in [1.54, 1.807) is 6.21 Å². The predicted molar refractivity (Wildman–Crippen MR) is 119 cm³/mol. The van der Waals surface area contributed by atoms with Crippen LogP contribution in [0.1, 0.15) is 26.2 Å². The van der Waals surface area contributed by atoms with Crippen LogP contribution in [0.4, 0.5) is 11.5 Å². The van der Waals surface area contributed by atoms with Gasteiger partial charge in [0.2, 0.25) is 0 Å². The zero-order valence-corrected chi connectivity index (χ0v) is 18.7. The van der Waals surface area contributed by atoms with Crippen molar-refractivity contribution in [2.45, 2.75) is 70.8 Å². The van der Waals surface area contributed by atoms with E-state index in [0.717, 1.165) is 43.4 Å². The average Bonchev–Trinajstić information content (AvgIpc) is 3.20. The Labute approximate surface area is 169 Å². The highest BCUT2D eigenvalue weighted by Gasteiger charge is 2.39. The Morgan fingerprint density at radius 2 is 2.07 bits per heavy atom. The van der Waals surface area contributed by atoms with Crippen LogP contribution in [0.2, 0.25) is 25.7 Å². The number of aromatic nitrogens is 1. The van der Waals surface area contributed by atoms with Crippen LogP contribution >= 0.6 is 0 Å². The standard InChI is InChI=1S/C20H36N6OSi/c1-5-14-10-15(21)11-16(14)19(23)26-17-6-7-25(20(17)24-12-18(26)22)13-27-8-9-28(2,3)4/h6-7,12,14-16,18,23H,5,8-11,13,21-22H2,1-4H3. The maximum absolute atomic E-state index is 8.90. The predicted octanol–water partition coefficient (Wildman–Crippen LogP) is 3.35. The van der Waals surface area contributed by atoms with Gasteiger partial charge < -0.3 is 25.7 Å². The lowest BCUT2D eigenvalue weighted by Crippen LogP contribution is -2.51. The molecule has 1 aromatic rings. The molecule has 28 heavy (non-hydrogen) atoms. The molecule has 0 aromatic carbocycles. The summed E-state index contributed by atoms with van der Waals surface area (Å²) in [6, 6.07) is 3.31. The number of nitrogens with one attached hydrogen (secondary N) is 1. The maximum Gasteiger partial charge on any atom is 0.158 e. The second-order valence-corrected chi connectivity index (χ2v) is 15.0. The number of nitrogens with zero attached hydrogens (tertiary/aromatic N) is 3. The number of nitrogens with two attached hydrogens (primary N) is 2. The fourth-order valence-corrected chi connectivity index (χ4v) is 4.98. The summed E-state index contributed by atoms with van der Waals surface area (Å²) >= 11 is 0. The number of amidine groups is 1. The van der Waals surface area contributed by atoms with Gasteiger partial charge in [0, 0.05) is 39.1 Å². The molecule has 1 aliphatic heterocycles. The van der Waals surface area contributed by atoms with E-state index in [1.807, 2.05) is 21.7 Å². The van der Waals surface area contributed by atoms with Gasteiger partial charge in [0.1, 0.15) is 18.7 Å². The molecule has 2 heterocycles. The number of anilines is 1. The van der Waals surface area contributed by atoms with Gasteiger partial charge in [0.05, 0.1) is 5.69 Å². The Morgan fingerprint density at radius 1 is 1.32 bits per heavy atom. The smallest absolute Gasteiger partial charge is 0.158 e. The van der Waals surface area contributed by atoms with Gasteiger partial charge in [-0.3, -0.25) is 5.41 Å². The lowest BCUT2D eigenvalue weighted by molar-refractivity contribution is 0.0886. The molecule has 3 rings (SSSR count). The van der Waals surface area contributed by atoms with Crippen molar-refractivity contribution in [2.24, 2.45) is 28.3 Å². The minimum absolute atomic E-state index is 0.154. The van der Waals surface area contributed by atoms with Crippen LogP contribution < -0.4 is 16.4 Å². The van der Waals surface area contributed by atoms with Crippen LogP contribution in [0, 0.1) is 17.2 Å². The van der Waals surface area contributed by atoms with Crippen molar-refractivity contribution in [3.8, 4) is 0 Å². The zero-order chi connectivity index (χ0) is 20.5. The molecule has 156 valence electrons. The molecular formula is C20H36N6OSi. The summed E-state index contributed by atoms with van der Waals surface area (Å²) in [5, 5.41) is 8.90. The number of hydrogen-bond acceptors (Lipinski definition) is 5. The number of rotatable bonds is 7. The minimum atomic E-state index is -1.10. The minimum Gasteiger partial charge on any atom is -0.361 e. The summed E-state index contributed by atoms with van der Waals surface area (Å²) < 4.78 is 7.89. The van der Waals surface area contributed by atoms with E-state index in [9.17, 15) is 0 Å². The average molecular weight is 405 g/mol. The first-order valence-electron chi connectivity index (χ1n) is 10.4. The third kappa shape index (κ3) is 4.56. The second-order valence-electron chi connectivity index (χ2n) is 9.37.